The smallest absolute Gasteiger partial charge is 0.411 e. The first-order valence-electron chi connectivity index (χ1n) is 11.1. The third kappa shape index (κ3) is 4.76. The second-order valence-corrected chi connectivity index (χ2v) is 8.65. The fourth-order valence-electron chi connectivity index (χ4n) is 4.55. The molecule has 4 rings (SSSR count). The van der Waals surface area contributed by atoms with Gasteiger partial charge in [-0.2, -0.15) is 0 Å². The van der Waals surface area contributed by atoms with Gasteiger partial charge in [-0.15, -0.1) is 0 Å². The minimum atomic E-state index is -0.868. The first-order valence-corrected chi connectivity index (χ1v) is 11.1. The highest BCUT2D eigenvalue weighted by molar-refractivity contribution is 5.70. The molecule has 1 aliphatic heterocycles. The van der Waals surface area contributed by atoms with Crippen molar-refractivity contribution in [1.29, 1.82) is 0 Å². The topological polar surface area (TPSA) is 49.8 Å². The lowest BCUT2D eigenvalue weighted by molar-refractivity contribution is -0.0815. The predicted octanol–water partition coefficient (Wildman–Crippen LogP) is 6.20. The summed E-state index contributed by atoms with van der Waals surface area (Å²) >= 11 is 0. The summed E-state index contributed by atoms with van der Waals surface area (Å²) in [7, 11) is 0. The lowest BCUT2D eigenvalue weighted by atomic mass is 9.84. The van der Waals surface area contributed by atoms with Crippen LogP contribution in [0.5, 0.6) is 0 Å². The summed E-state index contributed by atoms with van der Waals surface area (Å²) in [6, 6.07) is 20.0. The molecular formula is C27H27F2NO3. The van der Waals surface area contributed by atoms with Crippen LogP contribution in [-0.4, -0.2) is 28.7 Å². The monoisotopic (exact) mass is 451 g/mol. The summed E-state index contributed by atoms with van der Waals surface area (Å²) in [5, 5.41) is 10.1. The molecule has 0 radical (unpaired) electrons. The molecule has 172 valence electrons. The van der Waals surface area contributed by atoms with E-state index in [0.717, 1.165) is 17.2 Å². The van der Waals surface area contributed by atoms with Crippen molar-refractivity contribution < 1.29 is 23.4 Å². The molecule has 3 aromatic carbocycles. The van der Waals surface area contributed by atoms with Gasteiger partial charge >= 0.3 is 6.09 Å². The van der Waals surface area contributed by atoms with Crippen LogP contribution in [0.15, 0.2) is 72.8 Å². The van der Waals surface area contributed by atoms with Gasteiger partial charge < -0.3 is 14.7 Å². The number of cyclic esters (lactones) is 1. The Bertz CT molecular complexity index is 1120. The molecular weight excluding hydrogens is 424 g/mol. The summed E-state index contributed by atoms with van der Waals surface area (Å²) < 4.78 is 33.3. The van der Waals surface area contributed by atoms with Crippen molar-refractivity contribution in [2.24, 2.45) is 0 Å². The molecule has 1 aliphatic rings. The maximum absolute atomic E-state index is 14.1. The Labute approximate surface area is 192 Å². The number of benzene rings is 3. The molecule has 4 nitrogen and oxygen atoms in total. The van der Waals surface area contributed by atoms with Crippen molar-refractivity contribution in [2.45, 2.75) is 44.4 Å². The Morgan fingerprint density at radius 1 is 1.03 bits per heavy atom. The number of hydrogen-bond acceptors (Lipinski definition) is 3. The SMILES string of the molecule is C[C@H](O)C[C@]1(c2ccccc2)CCN([C@@H](C)c2ccc(-c3ccc(F)cc3F)cc2)C(=O)O1. The Morgan fingerprint density at radius 2 is 1.73 bits per heavy atom. The Balaban J connectivity index is 1.53. The van der Waals surface area contributed by atoms with Crippen molar-refractivity contribution in [3.8, 4) is 11.1 Å². The number of carbonyl (C=O) groups is 1. The third-order valence-electron chi connectivity index (χ3n) is 6.30. The highest BCUT2D eigenvalue weighted by atomic mass is 19.1. The van der Waals surface area contributed by atoms with Gasteiger partial charge in [-0.05, 0) is 42.7 Å². The fraction of sp³-hybridized carbons (Fsp3) is 0.296. The Morgan fingerprint density at radius 3 is 2.33 bits per heavy atom. The molecule has 3 atom stereocenters. The van der Waals surface area contributed by atoms with Crippen LogP contribution in [0.3, 0.4) is 0 Å². The van der Waals surface area contributed by atoms with Gasteiger partial charge in [0.1, 0.15) is 17.2 Å². The van der Waals surface area contributed by atoms with Gasteiger partial charge in [-0.1, -0.05) is 54.6 Å². The number of ether oxygens (including phenoxy) is 1. The number of nitrogens with zero attached hydrogens (tertiary/aromatic N) is 1. The first kappa shape index (κ1) is 22.9. The average Bonchev–Trinajstić information content (AvgIpc) is 2.79. The van der Waals surface area contributed by atoms with Crippen LogP contribution in [0, 0.1) is 11.6 Å². The van der Waals surface area contributed by atoms with Gasteiger partial charge in [0.2, 0.25) is 0 Å². The largest absolute Gasteiger partial charge is 0.438 e. The number of carbonyl (C=O) groups excluding carboxylic acids is 1. The minimum absolute atomic E-state index is 0.259. The maximum atomic E-state index is 14.1. The molecule has 0 bridgehead atoms. The van der Waals surface area contributed by atoms with E-state index in [-0.39, 0.29) is 6.04 Å². The molecule has 33 heavy (non-hydrogen) atoms. The summed E-state index contributed by atoms with van der Waals surface area (Å²) in [6.45, 7) is 4.08. The van der Waals surface area contributed by atoms with Gasteiger partial charge in [0.05, 0.1) is 12.1 Å². The number of hydrogen-bond donors (Lipinski definition) is 1. The highest BCUT2D eigenvalue weighted by Gasteiger charge is 2.44. The lowest BCUT2D eigenvalue weighted by Gasteiger charge is -2.44. The molecule has 1 saturated heterocycles. The summed E-state index contributed by atoms with van der Waals surface area (Å²) in [4.78, 5) is 14.7. The molecule has 6 heteroatoms. The van der Waals surface area contributed by atoms with E-state index < -0.39 is 29.4 Å². The van der Waals surface area contributed by atoms with Crippen LogP contribution < -0.4 is 0 Å². The molecule has 1 fully saturated rings. The van der Waals surface area contributed by atoms with Crippen LogP contribution in [0.2, 0.25) is 0 Å². The number of rotatable bonds is 6. The van der Waals surface area contributed by atoms with E-state index in [9.17, 15) is 18.7 Å². The molecule has 0 aromatic heterocycles. The van der Waals surface area contributed by atoms with Crippen LogP contribution in [0.25, 0.3) is 11.1 Å². The maximum Gasteiger partial charge on any atom is 0.411 e. The van der Waals surface area contributed by atoms with Crippen LogP contribution in [0.1, 0.15) is 43.9 Å². The van der Waals surface area contributed by atoms with Crippen molar-refractivity contribution in [2.75, 3.05) is 6.54 Å². The third-order valence-corrected chi connectivity index (χ3v) is 6.30. The van der Waals surface area contributed by atoms with Crippen LogP contribution >= 0.6 is 0 Å². The van der Waals surface area contributed by atoms with E-state index >= 15 is 0 Å². The van der Waals surface area contributed by atoms with E-state index in [1.165, 1.54) is 12.1 Å². The Kier molecular flexibility index (Phi) is 6.47. The van der Waals surface area contributed by atoms with Crippen molar-refractivity contribution in [1.82, 2.24) is 4.90 Å². The van der Waals surface area contributed by atoms with E-state index in [1.54, 1.807) is 24.0 Å². The van der Waals surface area contributed by atoms with Crippen molar-refractivity contribution in [3.05, 3.63) is 95.6 Å². The van der Waals surface area contributed by atoms with Gasteiger partial charge in [-0.25, -0.2) is 13.6 Å². The summed E-state index contributed by atoms with van der Waals surface area (Å²) in [5.74, 6) is -1.24. The number of aliphatic hydroxyl groups excluding tert-OH is 1. The normalized spacial score (nSPS) is 20.3. The summed E-state index contributed by atoms with van der Waals surface area (Å²) in [6.07, 6.45) is -0.187. The minimum Gasteiger partial charge on any atom is -0.438 e. The quantitative estimate of drug-likeness (QED) is 0.485. The molecule has 0 saturated carbocycles. The second-order valence-electron chi connectivity index (χ2n) is 8.65. The molecule has 0 aliphatic carbocycles. The highest BCUT2D eigenvalue weighted by Crippen LogP contribution is 2.40. The molecule has 0 unspecified atom stereocenters. The zero-order valence-electron chi connectivity index (χ0n) is 18.7. The van der Waals surface area contributed by atoms with Gasteiger partial charge in [0, 0.05) is 31.0 Å². The average molecular weight is 452 g/mol. The van der Waals surface area contributed by atoms with E-state index in [2.05, 4.69) is 0 Å². The molecule has 3 aromatic rings. The van der Waals surface area contributed by atoms with Crippen LogP contribution in [0.4, 0.5) is 13.6 Å². The van der Waals surface area contributed by atoms with Gasteiger partial charge in [-0.3, -0.25) is 0 Å². The zero-order valence-corrected chi connectivity index (χ0v) is 18.7. The first-order chi connectivity index (χ1) is 15.8. The predicted molar refractivity (Wildman–Crippen MR) is 122 cm³/mol. The van der Waals surface area contributed by atoms with E-state index in [1.807, 2.05) is 49.4 Å². The number of amides is 1. The number of halogens is 2. The molecule has 1 heterocycles. The fourth-order valence-corrected chi connectivity index (χ4v) is 4.55. The lowest BCUT2D eigenvalue weighted by Crippen LogP contribution is -2.49. The zero-order chi connectivity index (χ0) is 23.6. The molecule has 1 N–H and O–H groups in total. The van der Waals surface area contributed by atoms with Gasteiger partial charge in [0.25, 0.3) is 0 Å². The molecule has 1 amide bonds. The van der Waals surface area contributed by atoms with E-state index in [0.29, 0.717) is 30.5 Å². The number of aliphatic hydroxyl groups is 1. The standard InChI is InChI=1S/C27H27F2NO3/c1-18(31)17-27(22-6-4-3-5-7-22)14-15-30(26(32)33-27)19(2)20-8-10-21(11-9-20)24-13-12-23(28)16-25(24)29/h3-13,16,18-19,31H,14-15,17H2,1-2H3/t18-,19-,27-/m0/s1. The second kappa shape index (κ2) is 9.32. The van der Waals surface area contributed by atoms with Crippen molar-refractivity contribution in [3.63, 3.8) is 0 Å². The summed E-state index contributed by atoms with van der Waals surface area (Å²) in [5.41, 5.74) is 1.83. The van der Waals surface area contributed by atoms with Crippen LogP contribution in [-0.2, 0) is 10.3 Å². The Hall–Kier alpha value is -3.25. The molecule has 0 spiro atoms. The van der Waals surface area contributed by atoms with Gasteiger partial charge in [0.15, 0.2) is 0 Å². The van der Waals surface area contributed by atoms with Crippen molar-refractivity contribution >= 4 is 6.09 Å². The van der Waals surface area contributed by atoms with E-state index in [4.69, 9.17) is 4.74 Å².